The molecule has 21 heavy (non-hydrogen) atoms. The highest BCUT2D eigenvalue weighted by Gasteiger charge is 2.35. The molecule has 1 unspecified atom stereocenters. The van der Waals surface area contributed by atoms with Crippen molar-refractivity contribution in [1.82, 2.24) is 0 Å². The quantitative estimate of drug-likeness (QED) is 0.787. The topological polar surface area (TPSA) is 55.1 Å². The van der Waals surface area contributed by atoms with Crippen LogP contribution < -0.4 is 11.1 Å². The van der Waals surface area contributed by atoms with Gasteiger partial charge in [-0.2, -0.15) is 0 Å². The number of amides is 1. The molecular formula is C15H13Br2FN2O. The van der Waals surface area contributed by atoms with Gasteiger partial charge in [-0.15, -0.1) is 0 Å². The number of primary amides is 1. The lowest BCUT2D eigenvalue weighted by Gasteiger charge is -2.30. The number of halogens is 3. The highest BCUT2D eigenvalue weighted by Crippen LogP contribution is 2.32. The van der Waals surface area contributed by atoms with E-state index in [9.17, 15) is 9.18 Å². The molecule has 2 aromatic rings. The van der Waals surface area contributed by atoms with Crippen molar-refractivity contribution in [2.45, 2.75) is 12.5 Å². The van der Waals surface area contributed by atoms with Crippen LogP contribution >= 0.6 is 31.9 Å². The molecule has 110 valence electrons. The second kappa shape index (κ2) is 6.15. The van der Waals surface area contributed by atoms with Crippen molar-refractivity contribution >= 4 is 43.5 Å². The fourth-order valence-electron chi connectivity index (χ4n) is 1.98. The summed E-state index contributed by atoms with van der Waals surface area (Å²) in [5.41, 5.74) is 5.70. The molecule has 0 saturated carbocycles. The smallest absolute Gasteiger partial charge is 0.247 e. The first kappa shape index (κ1) is 16.0. The molecule has 0 radical (unpaired) electrons. The summed E-state index contributed by atoms with van der Waals surface area (Å²) in [6.07, 6.45) is 0. The average Bonchev–Trinajstić information content (AvgIpc) is 2.41. The van der Waals surface area contributed by atoms with E-state index in [0.29, 0.717) is 10.0 Å². The van der Waals surface area contributed by atoms with Crippen LogP contribution in [0.2, 0.25) is 0 Å². The summed E-state index contributed by atoms with van der Waals surface area (Å²) in [6.45, 7) is 1.66. The number of carbonyl (C=O) groups excluding carboxylic acids is 1. The molecule has 0 aliphatic rings. The predicted octanol–water partition coefficient (Wildman–Crippen LogP) is 4.16. The van der Waals surface area contributed by atoms with E-state index in [1.54, 1.807) is 6.92 Å². The monoisotopic (exact) mass is 414 g/mol. The maximum absolute atomic E-state index is 13.2. The Bertz CT molecular complexity index is 676. The van der Waals surface area contributed by atoms with E-state index in [1.165, 1.54) is 18.2 Å². The van der Waals surface area contributed by atoms with E-state index in [2.05, 4.69) is 37.2 Å². The molecule has 0 saturated heterocycles. The summed E-state index contributed by atoms with van der Waals surface area (Å²) in [6, 6.07) is 11.5. The van der Waals surface area contributed by atoms with E-state index in [-0.39, 0.29) is 5.82 Å². The van der Waals surface area contributed by atoms with Gasteiger partial charge in [-0.1, -0.05) is 37.9 Å². The largest absolute Gasteiger partial charge is 0.368 e. The van der Waals surface area contributed by atoms with Gasteiger partial charge in [-0.3, -0.25) is 4.79 Å². The van der Waals surface area contributed by atoms with Crippen LogP contribution in [0.4, 0.5) is 10.1 Å². The third-order valence-corrected chi connectivity index (χ3v) is 4.39. The second-order valence-corrected chi connectivity index (χ2v) is 6.52. The SMILES string of the molecule is CC(Nc1ccc(Br)cc1)(C(N)=O)c1ccc(F)cc1Br. The van der Waals surface area contributed by atoms with Crippen LogP contribution in [0.15, 0.2) is 51.4 Å². The Kier molecular flexibility index (Phi) is 4.68. The van der Waals surface area contributed by atoms with Crippen molar-refractivity contribution in [2.24, 2.45) is 5.73 Å². The number of carbonyl (C=O) groups is 1. The van der Waals surface area contributed by atoms with Crippen LogP contribution in [0.5, 0.6) is 0 Å². The van der Waals surface area contributed by atoms with Gasteiger partial charge in [-0.05, 0) is 43.3 Å². The Morgan fingerprint density at radius 3 is 2.33 bits per heavy atom. The zero-order valence-corrected chi connectivity index (χ0v) is 14.3. The maximum Gasteiger partial charge on any atom is 0.247 e. The standard InChI is InChI=1S/C15H13Br2FN2O/c1-15(14(19)21,12-7-4-10(18)8-13(12)17)20-11-5-2-9(16)3-6-11/h2-8,20H,1H3,(H2,19,21). The van der Waals surface area contributed by atoms with Crippen molar-refractivity contribution in [3.63, 3.8) is 0 Å². The van der Waals surface area contributed by atoms with Crippen LogP contribution in [-0.2, 0) is 10.3 Å². The molecule has 3 nitrogen and oxygen atoms in total. The fourth-order valence-corrected chi connectivity index (χ4v) is 2.99. The molecule has 0 aliphatic heterocycles. The average molecular weight is 416 g/mol. The van der Waals surface area contributed by atoms with Gasteiger partial charge in [0.15, 0.2) is 0 Å². The summed E-state index contributed by atoms with van der Waals surface area (Å²) in [7, 11) is 0. The highest BCUT2D eigenvalue weighted by atomic mass is 79.9. The molecule has 3 N–H and O–H groups in total. The van der Waals surface area contributed by atoms with Gasteiger partial charge < -0.3 is 11.1 Å². The van der Waals surface area contributed by atoms with Crippen molar-refractivity contribution in [1.29, 1.82) is 0 Å². The van der Waals surface area contributed by atoms with Crippen molar-refractivity contribution in [3.05, 3.63) is 62.8 Å². The molecule has 1 atom stereocenters. The summed E-state index contributed by atoms with van der Waals surface area (Å²) in [5, 5.41) is 3.11. The number of rotatable bonds is 4. The maximum atomic E-state index is 13.2. The van der Waals surface area contributed by atoms with Gasteiger partial charge in [0.05, 0.1) is 0 Å². The number of nitrogens with two attached hydrogens (primary N) is 1. The fraction of sp³-hybridized carbons (Fsp3) is 0.133. The molecular weight excluding hydrogens is 403 g/mol. The molecule has 1 amide bonds. The molecule has 0 bridgehead atoms. The zero-order chi connectivity index (χ0) is 15.6. The third kappa shape index (κ3) is 3.44. The molecule has 0 aromatic heterocycles. The first-order chi connectivity index (χ1) is 9.83. The van der Waals surface area contributed by atoms with Crippen molar-refractivity contribution in [2.75, 3.05) is 5.32 Å². The number of hydrogen-bond acceptors (Lipinski definition) is 2. The number of nitrogens with one attached hydrogen (secondary N) is 1. The minimum absolute atomic E-state index is 0.388. The summed E-state index contributed by atoms with van der Waals surface area (Å²) in [4.78, 5) is 12.0. The van der Waals surface area contributed by atoms with E-state index in [1.807, 2.05) is 24.3 Å². The Hall–Kier alpha value is -1.40. The third-order valence-electron chi connectivity index (χ3n) is 3.20. The van der Waals surface area contributed by atoms with Crippen LogP contribution in [-0.4, -0.2) is 5.91 Å². The highest BCUT2D eigenvalue weighted by molar-refractivity contribution is 9.10. The van der Waals surface area contributed by atoms with E-state index < -0.39 is 11.4 Å². The van der Waals surface area contributed by atoms with Gasteiger partial charge >= 0.3 is 0 Å². The summed E-state index contributed by atoms with van der Waals surface area (Å²) in [5.74, 6) is -0.946. The van der Waals surface area contributed by atoms with E-state index >= 15 is 0 Å². The predicted molar refractivity (Wildman–Crippen MR) is 88.4 cm³/mol. The van der Waals surface area contributed by atoms with Gasteiger partial charge in [0, 0.05) is 20.2 Å². The van der Waals surface area contributed by atoms with Gasteiger partial charge in [0.1, 0.15) is 11.4 Å². The van der Waals surface area contributed by atoms with Gasteiger partial charge in [0.25, 0.3) is 0 Å². The summed E-state index contributed by atoms with van der Waals surface area (Å²) >= 11 is 6.63. The van der Waals surface area contributed by atoms with Gasteiger partial charge in [-0.25, -0.2) is 4.39 Å². The zero-order valence-electron chi connectivity index (χ0n) is 11.2. The first-order valence-electron chi connectivity index (χ1n) is 6.12. The lowest BCUT2D eigenvalue weighted by Crippen LogP contribution is -2.45. The molecule has 0 spiro atoms. The van der Waals surface area contributed by atoms with Gasteiger partial charge in [0.2, 0.25) is 5.91 Å². The van der Waals surface area contributed by atoms with Crippen LogP contribution in [0, 0.1) is 5.82 Å². The molecule has 2 aromatic carbocycles. The lowest BCUT2D eigenvalue weighted by molar-refractivity contribution is -0.122. The number of anilines is 1. The van der Waals surface area contributed by atoms with E-state index in [4.69, 9.17) is 5.73 Å². The van der Waals surface area contributed by atoms with Crippen LogP contribution in [0.3, 0.4) is 0 Å². The number of benzene rings is 2. The Morgan fingerprint density at radius 1 is 1.19 bits per heavy atom. The Morgan fingerprint density at radius 2 is 1.81 bits per heavy atom. The molecule has 2 rings (SSSR count). The molecule has 0 aliphatic carbocycles. The van der Waals surface area contributed by atoms with Crippen LogP contribution in [0.25, 0.3) is 0 Å². The Labute approximate surface area is 139 Å². The first-order valence-corrected chi connectivity index (χ1v) is 7.71. The summed E-state index contributed by atoms with van der Waals surface area (Å²) < 4.78 is 14.6. The second-order valence-electron chi connectivity index (χ2n) is 4.75. The minimum atomic E-state index is -1.17. The molecule has 6 heteroatoms. The van der Waals surface area contributed by atoms with E-state index in [0.717, 1.165) is 10.2 Å². The minimum Gasteiger partial charge on any atom is -0.368 e. The van der Waals surface area contributed by atoms with Crippen molar-refractivity contribution in [3.8, 4) is 0 Å². The van der Waals surface area contributed by atoms with Crippen LogP contribution in [0.1, 0.15) is 12.5 Å². The Balaban J connectivity index is 2.45. The lowest BCUT2D eigenvalue weighted by atomic mass is 9.90. The normalized spacial score (nSPS) is 13.5. The number of hydrogen-bond donors (Lipinski definition) is 2. The van der Waals surface area contributed by atoms with Crippen molar-refractivity contribution < 1.29 is 9.18 Å². The molecule has 0 heterocycles. The molecule has 0 fully saturated rings.